The predicted molar refractivity (Wildman–Crippen MR) is 106 cm³/mol. The zero-order valence-corrected chi connectivity index (χ0v) is 16.0. The average molecular weight is 356 g/mol. The van der Waals surface area contributed by atoms with Crippen molar-refractivity contribution < 1.29 is 8.42 Å². The third kappa shape index (κ3) is 3.04. The van der Waals surface area contributed by atoms with Crippen molar-refractivity contribution in [3.05, 3.63) is 54.1 Å². The minimum Gasteiger partial charge on any atom is -0.370 e. The first kappa shape index (κ1) is 17.5. The topological polar surface area (TPSA) is 42.3 Å². The molecule has 5 heteroatoms. The van der Waals surface area contributed by atoms with E-state index >= 15 is 0 Å². The molecule has 0 amide bonds. The van der Waals surface area contributed by atoms with E-state index in [0.29, 0.717) is 0 Å². The summed E-state index contributed by atoms with van der Waals surface area (Å²) in [6.07, 6.45) is 1.27. The summed E-state index contributed by atoms with van der Waals surface area (Å²) in [4.78, 5) is 2.22. The zero-order valence-electron chi connectivity index (χ0n) is 15.2. The SMILES string of the molecule is CCN(CC)c1c(-c2ccc(C)cc2)n(S(C)(=O)=O)c2ccccc12. The fourth-order valence-corrected chi connectivity index (χ4v) is 4.41. The molecule has 0 aliphatic heterocycles. The fourth-order valence-electron chi connectivity index (χ4n) is 3.37. The minimum atomic E-state index is -3.46. The molecule has 1 aromatic heterocycles. The van der Waals surface area contributed by atoms with E-state index in [0.717, 1.165) is 46.5 Å². The lowest BCUT2D eigenvalue weighted by molar-refractivity contribution is 0.595. The second-order valence-electron chi connectivity index (χ2n) is 6.28. The Morgan fingerprint density at radius 3 is 2.12 bits per heavy atom. The number of hydrogen-bond donors (Lipinski definition) is 0. The van der Waals surface area contributed by atoms with Gasteiger partial charge < -0.3 is 4.90 Å². The van der Waals surface area contributed by atoms with Crippen molar-refractivity contribution >= 4 is 26.6 Å². The van der Waals surface area contributed by atoms with Crippen LogP contribution in [0.15, 0.2) is 48.5 Å². The number of hydrogen-bond acceptors (Lipinski definition) is 3. The Kier molecular flexibility index (Phi) is 4.60. The van der Waals surface area contributed by atoms with Crippen LogP contribution in [0.3, 0.4) is 0 Å². The molecule has 3 aromatic rings. The summed E-state index contributed by atoms with van der Waals surface area (Å²) in [7, 11) is -3.46. The molecule has 1 heterocycles. The Labute approximate surface area is 149 Å². The molecule has 0 spiro atoms. The highest BCUT2D eigenvalue weighted by atomic mass is 32.2. The molecule has 0 radical (unpaired) electrons. The van der Waals surface area contributed by atoms with Crippen molar-refractivity contribution in [2.75, 3.05) is 24.2 Å². The monoisotopic (exact) mass is 356 g/mol. The molecule has 4 nitrogen and oxygen atoms in total. The second-order valence-corrected chi connectivity index (χ2v) is 8.11. The summed E-state index contributed by atoms with van der Waals surface area (Å²) in [5, 5.41) is 0.965. The molecule has 0 N–H and O–H groups in total. The Morgan fingerprint density at radius 2 is 1.56 bits per heavy atom. The number of para-hydroxylation sites is 1. The van der Waals surface area contributed by atoms with E-state index < -0.39 is 10.0 Å². The molecule has 0 bridgehead atoms. The first-order valence-corrected chi connectivity index (χ1v) is 10.4. The first-order valence-electron chi connectivity index (χ1n) is 8.54. The van der Waals surface area contributed by atoms with Gasteiger partial charge >= 0.3 is 0 Å². The van der Waals surface area contributed by atoms with Crippen LogP contribution >= 0.6 is 0 Å². The maximum absolute atomic E-state index is 12.7. The lowest BCUT2D eigenvalue weighted by Crippen LogP contribution is -2.23. The van der Waals surface area contributed by atoms with Crippen LogP contribution in [0.2, 0.25) is 0 Å². The van der Waals surface area contributed by atoms with Crippen molar-refractivity contribution in [2.45, 2.75) is 20.8 Å². The molecule has 0 fully saturated rings. The van der Waals surface area contributed by atoms with Crippen molar-refractivity contribution in [1.29, 1.82) is 0 Å². The van der Waals surface area contributed by atoms with Crippen LogP contribution in [0.4, 0.5) is 5.69 Å². The second kappa shape index (κ2) is 6.56. The molecular formula is C20H24N2O2S. The minimum absolute atomic E-state index is 0.725. The number of fused-ring (bicyclic) bond motifs is 1. The Morgan fingerprint density at radius 1 is 0.960 bits per heavy atom. The standard InChI is InChI=1S/C20H24N2O2S/c1-5-21(6-2)20-17-9-7-8-10-18(17)22(25(4,23)24)19(20)16-13-11-15(3)12-14-16/h7-14H,5-6H2,1-4H3. The van der Waals surface area contributed by atoms with Gasteiger partial charge in [-0.3, -0.25) is 0 Å². The van der Waals surface area contributed by atoms with Crippen LogP contribution in [0.5, 0.6) is 0 Å². The normalized spacial score (nSPS) is 11.8. The summed E-state index contributed by atoms with van der Waals surface area (Å²) in [5.41, 5.74) is 4.51. The molecule has 132 valence electrons. The smallest absolute Gasteiger partial charge is 0.236 e. The van der Waals surface area contributed by atoms with Gasteiger partial charge in [-0.1, -0.05) is 48.0 Å². The van der Waals surface area contributed by atoms with Crippen molar-refractivity contribution in [3.8, 4) is 11.3 Å². The average Bonchev–Trinajstić information content (AvgIpc) is 2.92. The molecular weight excluding hydrogens is 332 g/mol. The summed E-state index contributed by atoms with van der Waals surface area (Å²) in [6, 6.07) is 15.8. The van der Waals surface area contributed by atoms with E-state index in [4.69, 9.17) is 0 Å². The predicted octanol–water partition coefficient (Wildman–Crippen LogP) is 4.27. The number of aromatic nitrogens is 1. The molecule has 25 heavy (non-hydrogen) atoms. The van der Waals surface area contributed by atoms with Gasteiger partial charge in [0.15, 0.2) is 0 Å². The molecule has 0 aliphatic rings. The van der Waals surface area contributed by atoms with Gasteiger partial charge in [0.2, 0.25) is 10.0 Å². The van der Waals surface area contributed by atoms with Crippen LogP contribution in [-0.2, 0) is 10.0 Å². The van der Waals surface area contributed by atoms with E-state index in [9.17, 15) is 8.42 Å². The highest BCUT2D eigenvalue weighted by Gasteiger charge is 2.25. The quantitative estimate of drug-likeness (QED) is 0.685. The third-order valence-electron chi connectivity index (χ3n) is 4.54. The van der Waals surface area contributed by atoms with E-state index in [1.54, 1.807) is 0 Å². The maximum atomic E-state index is 12.7. The van der Waals surface area contributed by atoms with Crippen molar-refractivity contribution in [2.24, 2.45) is 0 Å². The van der Waals surface area contributed by atoms with Gasteiger partial charge in [-0.25, -0.2) is 12.4 Å². The van der Waals surface area contributed by atoms with Gasteiger partial charge in [0.1, 0.15) is 0 Å². The van der Waals surface area contributed by atoms with Crippen LogP contribution in [-0.4, -0.2) is 31.7 Å². The van der Waals surface area contributed by atoms with Crippen LogP contribution in [0.25, 0.3) is 22.2 Å². The Balaban J connectivity index is 2.50. The number of nitrogens with zero attached hydrogens (tertiary/aromatic N) is 2. The zero-order chi connectivity index (χ0) is 18.2. The van der Waals surface area contributed by atoms with Gasteiger partial charge in [-0.15, -0.1) is 0 Å². The highest BCUT2D eigenvalue weighted by molar-refractivity contribution is 7.89. The number of benzene rings is 2. The fraction of sp³-hybridized carbons (Fsp3) is 0.300. The molecule has 2 aromatic carbocycles. The van der Waals surface area contributed by atoms with Gasteiger partial charge in [-0.05, 0) is 26.8 Å². The lowest BCUT2D eigenvalue weighted by Gasteiger charge is -2.23. The molecule has 0 unspecified atom stereocenters. The lowest BCUT2D eigenvalue weighted by atomic mass is 10.1. The Hall–Kier alpha value is -2.27. The van der Waals surface area contributed by atoms with Crippen LogP contribution in [0.1, 0.15) is 19.4 Å². The molecule has 0 saturated carbocycles. The summed E-state index contributed by atoms with van der Waals surface area (Å²) in [6.45, 7) is 7.84. The van der Waals surface area contributed by atoms with Crippen molar-refractivity contribution in [3.63, 3.8) is 0 Å². The Bertz CT molecular complexity index is 998. The van der Waals surface area contributed by atoms with E-state index in [-0.39, 0.29) is 0 Å². The number of aryl methyl sites for hydroxylation is 1. The van der Waals surface area contributed by atoms with Gasteiger partial charge in [0.05, 0.1) is 23.2 Å². The number of anilines is 1. The van der Waals surface area contributed by atoms with Gasteiger partial charge in [0.25, 0.3) is 0 Å². The van der Waals surface area contributed by atoms with E-state index in [1.165, 1.54) is 10.2 Å². The highest BCUT2D eigenvalue weighted by Crippen LogP contribution is 2.41. The van der Waals surface area contributed by atoms with Crippen LogP contribution < -0.4 is 4.90 Å². The maximum Gasteiger partial charge on any atom is 0.236 e. The van der Waals surface area contributed by atoms with E-state index in [1.807, 2.05) is 55.5 Å². The molecule has 0 aliphatic carbocycles. The van der Waals surface area contributed by atoms with Crippen molar-refractivity contribution in [1.82, 2.24) is 3.97 Å². The summed E-state index contributed by atoms with van der Waals surface area (Å²) in [5.74, 6) is 0. The number of rotatable bonds is 5. The van der Waals surface area contributed by atoms with Crippen LogP contribution in [0, 0.1) is 6.92 Å². The van der Waals surface area contributed by atoms with Gasteiger partial charge in [0, 0.05) is 24.0 Å². The molecule has 0 saturated heterocycles. The third-order valence-corrected chi connectivity index (χ3v) is 5.58. The largest absolute Gasteiger partial charge is 0.370 e. The summed E-state index contributed by atoms with van der Waals surface area (Å²) < 4.78 is 26.8. The first-order chi connectivity index (χ1) is 11.9. The van der Waals surface area contributed by atoms with E-state index in [2.05, 4.69) is 18.7 Å². The molecule has 3 rings (SSSR count). The molecule has 0 atom stereocenters. The summed E-state index contributed by atoms with van der Waals surface area (Å²) >= 11 is 0. The van der Waals surface area contributed by atoms with Gasteiger partial charge in [-0.2, -0.15) is 0 Å².